The summed E-state index contributed by atoms with van der Waals surface area (Å²) in [5.41, 5.74) is 0.234. The van der Waals surface area contributed by atoms with Crippen LogP contribution < -0.4 is 5.32 Å². The number of nitrogens with zero attached hydrogens (tertiary/aromatic N) is 1. The van der Waals surface area contributed by atoms with Crippen molar-refractivity contribution in [2.45, 2.75) is 51.7 Å². The number of aliphatic hydroxyl groups is 1. The highest BCUT2D eigenvalue weighted by Crippen LogP contribution is 2.29. The Morgan fingerprint density at radius 2 is 2.00 bits per heavy atom. The molecule has 3 nitrogen and oxygen atoms in total. The van der Waals surface area contributed by atoms with Crippen LogP contribution >= 0.6 is 11.3 Å². The van der Waals surface area contributed by atoms with E-state index in [-0.39, 0.29) is 11.5 Å². The van der Waals surface area contributed by atoms with Gasteiger partial charge in [0.05, 0.1) is 6.10 Å². The topological polar surface area (TPSA) is 35.5 Å². The summed E-state index contributed by atoms with van der Waals surface area (Å²) in [5, 5.41) is 13.4. The van der Waals surface area contributed by atoms with Crippen molar-refractivity contribution in [2.75, 3.05) is 26.2 Å². The second-order valence-corrected chi connectivity index (χ2v) is 7.98. The van der Waals surface area contributed by atoms with Gasteiger partial charge in [-0.2, -0.15) is 0 Å². The lowest BCUT2D eigenvalue weighted by molar-refractivity contribution is 0.123. The maximum atomic E-state index is 10.0. The van der Waals surface area contributed by atoms with Gasteiger partial charge in [0, 0.05) is 29.4 Å². The van der Waals surface area contributed by atoms with Crippen LogP contribution in [-0.2, 0) is 12.0 Å². The normalized spacial score (nSPS) is 18.6. The summed E-state index contributed by atoms with van der Waals surface area (Å²) in [6.07, 6.45) is 2.31. The van der Waals surface area contributed by atoms with E-state index in [2.05, 4.69) is 43.1 Å². The maximum Gasteiger partial charge on any atom is 0.0791 e. The molecule has 2 rings (SSSR count). The highest BCUT2D eigenvalue weighted by Gasteiger charge is 2.17. The lowest BCUT2D eigenvalue weighted by atomic mass is 9.95. The molecule has 0 aromatic carbocycles. The molecule has 0 amide bonds. The molecule has 1 aromatic heterocycles. The molecule has 1 aliphatic rings. The largest absolute Gasteiger partial charge is 0.390 e. The molecule has 114 valence electrons. The zero-order chi connectivity index (χ0) is 14.6. The minimum atomic E-state index is -0.254. The van der Waals surface area contributed by atoms with E-state index in [4.69, 9.17) is 0 Å². The summed E-state index contributed by atoms with van der Waals surface area (Å²) in [4.78, 5) is 5.13. The van der Waals surface area contributed by atoms with Gasteiger partial charge in [-0.15, -0.1) is 11.3 Å². The summed E-state index contributed by atoms with van der Waals surface area (Å²) in [6, 6.07) is 4.42. The Morgan fingerprint density at radius 3 is 2.60 bits per heavy atom. The van der Waals surface area contributed by atoms with Gasteiger partial charge in [-0.05, 0) is 43.5 Å². The zero-order valence-corrected chi connectivity index (χ0v) is 13.8. The number of β-amino-alcohol motifs (C(OH)–C–C–N with tert-alkyl or cyclic N) is 1. The third kappa shape index (κ3) is 4.85. The van der Waals surface area contributed by atoms with Crippen molar-refractivity contribution < 1.29 is 5.11 Å². The molecule has 20 heavy (non-hydrogen) atoms. The van der Waals surface area contributed by atoms with Gasteiger partial charge >= 0.3 is 0 Å². The quantitative estimate of drug-likeness (QED) is 0.847. The molecule has 0 bridgehead atoms. The number of aliphatic hydroxyl groups excluding tert-OH is 1. The molecule has 1 fully saturated rings. The van der Waals surface area contributed by atoms with Crippen LogP contribution in [0.15, 0.2) is 12.1 Å². The third-order valence-electron chi connectivity index (χ3n) is 3.75. The Hall–Kier alpha value is -0.420. The monoisotopic (exact) mass is 296 g/mol. The molecule has 0 radical (unpaired) electrons. The fourth-order valence-electron chi connectivity index (χ4n) is 2.57. The van der Waals surface area contributed by atoms with Crippen molar-refractivity contribution in [2.24, 2.45) is 0 Å². The molecule has 4 heteroatoms. The van der Waals surface area contributed by atoms with E-state index in [1.54, 1.807) is 0 Å². The highest BCUT2D eigenvalue weighted by molar-refractivity contribution is 7.12. The van der Waals surface area contributed by atoms with E-state index in [9.17, 15) is 5.11 Å². The van der Waals surface area contributed by atoms with E-state index >= 15 is 0 Å². The van der Waals surface area contributed by atoms with Gasteiger partial charge in [-0.1, -0.05) is 20.8 Å². The second kappa shape index (κ2) is 7.03. The average Bonchev–Trinajstić information content (AvgIpc) is 2.98. The first-order valence-corrected chi connectivity index (χ1v) is 8.47. The van der Waals surface area contributed by atoms with Gasteiger partial charge in [0.25, 0.3) is 0 Å². The lowest BCUT2D eigenvalue weighted by Gasteiger charge is -2.19. The molecule has 0 spiro atoms. The van der Waals surface area contributed by atoms with Crippen molar-refractivity contribution in [3.05, 3.63) is 21.9 Å². The van der Waals surface area contributed by atoms with Crippen LogP contribution in [0.3, 0.4) is 0 Å². The lowest BCUT2D eigenvalue weighted by Crippen LogP contribution is -2.36. The predicted octanol–water partition coefficient (Wildman–Crippen LogP) is 2.59. The molecule has 2 N–H and O–H groups in total. The first kappa shape index (κ1) is 16.0. The first-order valence-electron chi connectivity index (χ1n) is 7.65. The van der Waals surface area contributed by atoms with E-state index in [0.717, 1.165) is 26.2 Å². The fraction of sp³-hybridized carbons (Fsp3) is 0.750. The second-order valence-electron chi connectivity index (χ2n) is 6.81. The summed E-state index contributed by atoms with van der Waals surface area (Å²) in [6.45, 7) is 11.4. The predicted molar refractivity (Wildman–Crippen MR) is 86.4 cm³/mol. The fourth-order valence-corrected chi connectivity index (χ4v) is 3.60. The van der Waals surface area contributed by atoms with Crippen LogP contribution in [0.25, 0.3) is 0 Å². The Kier molecular flexibility index (Phi) is 5.61. The molecule has 1 saturated heterocycles. The van der Waals surface area contributed by atoms with Crippen molar-refractivity contribution >= 4 is 11.3 Å². The van der Waals surface area contributed by atoms with Crippen molar-refractivity contribution in [1.29, 1.82) is 0 Å². The average molecular weight is 296 g/mol. The standard InChI is InChI=1S/C16H28N2OS/c1-16(2,3)15-7-6-14(20-15)11-17-10-13(19)12-18-8-4-5-9-18/h6-7,13,17,19H,4-5,8-12H2,1-3H3. The molecular formula is C16H28N2OS. The maximum absolute atomic E-state index is 10.0. The van der Waals surface area contributed by atoms with Gasteiger partial charge in [0.2, 0.25) is 0 Å². The number of nitrogens with one attached hydrogen (secondary N) is 1. The Morgan fingerprint density at radius 1 is 1.30 bits per heavy atom. The summed E-state index contributed by atoms with van der Waals surface area (Å²) < 4.78 is 0. The third-order valence-corrected chi connectivity index (χ3v) is 5.26. The molecule has 1 aromatic rings. The number of hydrogen-bond donors (Lipinski definition) is 2. The summed E-state index contributed by atoms with van der Waals surface area (Å²) in [5.74, 6) is 0. The first-order chi connectivity index (χ1) is 9.45. The van der Waals surface area contributed by atoms with Crippen LogP contribution in [-0.4, -0.2) is 42.3 Å². The van der Waals surface area contributed by atoms with Crippen LogP contribution in [0.1, 0.15) is 43.4 Å². The van der Waals surface area contributed by atoms with Crippen molar-refractivity contribution in [3.8, 4) is 0 Å². The van der Waals surface area contributed by atoms with Crippen molar-refractivity contribution in [1.82, 2.24) is 10.2 Å². The van der Waals surface area contributed by atoms with Crippen LogP contribution in [0.4, 0.5) is 0 Å². The molecular weight excluding hydrogens is 268 g/mol. The van der Waals surface area contributed by atoms with E-state index in [1.807, 2.05) is 11.3 Å². The molecule has 1 unspecified atom stereocenters. The molecule has 1 aliphatic heterocycles. The Balaban J connectivity index is 1.68. The molecule has 2 heterocycles. The Bertz CT molecular complexity index is 405. The van der Waals surface area contributed by atoms with Crippen LogP contribution in [0.5, 0.6) is 0 Å². The molecule has 1 atom stereocenters. The summed E-state index contributed by atoms with van der Waals surface area (Å²) in [7, 11) is 0. The summed E-state index contributed by atoms with van der Waals surface area (Å²) >= 11 is 1.87. The highest BCUT2D eigenvalue weighted by atomic mass is 32.1. The number of hydrogen-bond acceptors (Lipinski definition) is 4. The van der Waals surface area contributed by atoms with Gasteiger partial charge in [-0.3, -0.25) is 0 Å². The van der Waals surface area contributed by atoms with Gasteiger partial charge in [0.1, 0.15) is 0 Å². The van der Waals surface area contributed by atoms with E-state index in [1.165, 1.54) is 22.6 Å². The van der Waals surface area contributed by atoms with Gasteiger partial charge < -0.3 is 15.3 Å². The zero-order valence-electron chi connectivity index (χ0n) is 13.0. The smallest absolute Gasteiger partial charge is 0.0791 e. The SMILES string of the molecule is CC(C)(C)c1ccc(CNCC(O)CN2CCCC2)s1. The van der Waals surface area contributed by atoms with Crippen LogP contribution in [0.2, 0.25) is 0 Å². The molecule has 0 saturated carbocycles. The van der Waals surface area contributed by atoms with Crippen LogP contribution in [0, 0.1) is 0 Å². The van der Waals surface area contributed by atoms with Gasteiger partial charge in [0.15, 0.2) is 0 Å². The molecule has 0 aliphatic carbocycles. The number of likely N-dealkylation sites (tertiary alicyclic amines) is 1. The Labute approximate surface area is 127 Å². The minimum absolute atomic E-state index is 0.234. The van der Waals surface area contributed by atoms with E-state index < -0.39 is 0 Å². The van der Waals surface area contributed by atoms with Crippen molar-refractivity contribution in [3.63, 3.8) is 0 Å². The number of rotatable bonds is 6. The van der Waals surface area contributed by atoms with Gasteiger partial charge in [-0.25, -0.2) is 0 Å². The number of thiophene rings is 1. The minimum Gasteiger partial charge on any atom is -0.390 e. The van der Waals surface area contributed by atoms with E-state index in [0.29, 0.717) is 6.54 Å².